The summed E-state index contributed by atoms with van der Waals surface area (Å²) in [4.78, 5) is 12.6. The normalized spacial score (nSPS) is 10.3. The maximum Gasteiger partial charge on any atom is 0.147 e. The van der Waals surface area contributed by atoms with Crippen molar-refractivity contribution in [2.24, 2.45) is 0 Å². The number of carbonyl (C=O) groups excluding carboxylic acids is 1. The summed E-state index contributed by atoms with van der Waals surface area (Å²) in [6.45, 7) is 0. The molecule has 82 valence electrons. The molecule has 0 amide bonds. The molecule has 1 aromatic carbocycles. The molecule has 15 heavy (non-hydrogen) atoms. The first kappa shape index (κ1) is 13.3. The van der Waals surface area contributed by atoms with Crippen LogP contribution in [0.5, 0.6) is 0 Å². The quantitative estimate of drug-likeness (QED) is 0.592. The highest BCUT2D eigenvalue weighted by Gasteiger charge is 2.07. The van der Waals surface area contributed by atoms with E-state index in [9.17, 15) is 4.79 Å². The standard InChI is InChI=1S/C11H12Br2OS/c1-15-11-3-2-8(4-10(14)7-13)9(5-11)6-12/h2-3,5H,4,6-7H2,1H3. The van der Waals surface area contributed by atoms with Crippen LogP contribution in [-0.4, -0.2) is 17.4 Å². The number of halogens is 2. The zero-order valence-corrected chi connectivity index (χ0v) is 12.4. The molecule has 1 nitrogen and oxygen atoms in total. The first-order valence-corrected chi connectivity index (χ1v) is 7.97. The maximum atomic E-state index is 11.3. The summed E-state index contributed by atoms with van der Waals surface area (Å²) in [6.07, 6.45) is 2.57. The van der Waals surface area contributed by atoms with Crippen molar-refractivity contribution < 1.29 is 4.79 Å². The maximum absolute atomic E-state index is 11.3. The van der Waals surface area contributed by atoms with Gasteiger partial charge in [-0.2, -0.15) is 0 Å². The number of Topliss-reactive ketones (excluding diaryl/α,β-unsaturated/α-hetero) is 1. The van der Waals surface area contributed by atoms with Crippen molar-refractivity contribution in [3.8, 4) is 0 Å². The number of thioether (sulfide) groups is 1. The van der Waals surface area contributed by atoms with Crippen molar-refractivity contribution in [3.63, 3.8) is 0 Å². The van der Waals surface area contributed by atoms with Gasteiger partial charge in [0.05, 0.1) is 5.33 Å². The number of rotatable bonds is 5. The van der Waals surface area contributed by atoms with Crippen LogP contribution >= 0.6 is 43.6 Å². The van der Waals surface area contributed by atoms with Gasteiger partial charge in [-0.15, -0.1) is 11.8 Å². The lowest BCUT2D eigenvalue weighted by Gasteiger charge is -2.07. The van der Waals surface area contributed by atoms with Crippen LogP contribution in [0.15, 0.2) is 23.1 Å². The molecule has 0 spiro atoms. The number of hydrogen-bond donors (Lipinski definition) is 0. The molecule has 0 aliphatic heterocycles. The van der Waals surface area contributed by atoms with Crippen LogP contribution in [0.3, 0.4) is 0 Å². The highest BCUT2D eigenvalue weighted by Crippen LogP contribution is 2.22. The van der Waals surface area contributed by atoms with Gasteiger partial charge >= 0.3 is 0 Å². The van der Waals surface area contributed by atoms with Crippen LogP contribution in [0.2, 0.25) is 0 Å². The lowest BCUT2D eigenvalue weighted by atomic mass is 10.0. The largest absolute Gasteiger partial charge is 0.298 e. The second-order valence-corrected chi connectivity index (χ2v) is 5.12. The second kappa shape index (κ2) is 6.71. The number of alkyl halides is 2. The predicted octanol–water partition coefficient (Wildman–Crippen LogP) is 3.81. The first-order chi connectivity index (χ1) is 7.21. The molecule has 4 heteroatoms. The van der Waals surface area contributed by atoms with E-state index in [2.05, 4.69) is 50.2 Å². The molecule has 0 saturated carbocycles. The Hall–Kier alpha value is 0.200. The fraction of sp³-hybridized carbons (Fsp3) is 0.364. The summed E-state index contributed by atoms with van der Waals surface area (Å²) < 4.78 is 0. The summed E-state index contributed by atoms with van der Waals surface area (Å²) in [5.74, 6) is 0.217. The van der Waals surface area contributed by atoms with Gasteiger partial charge in [0.1, 0.15) is 5.78 Å². The Kier molecular flexibility index (Phi) is 5.94. The Bertz CT molecular complexity index is 352. The number of carbonyl (C=O) groups is 1. The fourth-order valence-electron chi connectivity index (χ4n) is 1.29. The van der Waals surface area contributed by atoms with Crippen molar-refractivity contribution in [3.05, 3.63) is 29.3 Å². The second-order valence-electron chi connectivity index (χ2n) is 3.12. The van der Waals surface area contributed by atoms with E-state index in [0.29, 0.717) is 11.8 Å². The number of ketones is 1. The lowest BCUT2D eigenvalue weighted by Crippen LogP contribution is -2.05. The summed E-state index contributed by atoms with van der Waals surface area (Å²) >= 11 is 8.35. The van der Waals surface area contributed by atoms with Crippen molar-refractivity contribution in [1.82, 2.24) is 0 Å². The van der Waals surface area contributed by atoms with Crippen molar-refractivity contribution >= 4 is 49.4 Å². The molecule has 0 N–H and O–H groups in total. The average molecular weight is 352 g/mol. The molecule has 0 heterocycles. The first-order valence-electron chi connectivity index (χ1n) is 4.50. The number of benzene rings is 1. The molecule has 0 fully saturated rings. The SMILES string of the molecule is CSc1ccc(CC(=O)CBr)c(CBr)c1. The molecule has 0 aliphatic carbocycles. The van der Waals surface area contributed by atoms with Crippen LogP contribution in [0.4, 0.5) is 0 Å². The van der Waals surface area contributed by atoms with E-state index in [0.717, 1.165) is 10.9 Å². The van der Waals surface area contributed by atoms with Gasteiger partial charge in [-0.25, -0.2) is 0 Å². The van der Waals surface area contributed by atoms with Crippen molar-refractivity contribution in [2.45, 2.75) is 16.6 Å². The van der Waals surface area contributed by atoms with Gasteiger partial charge < -0.3 is 0 Å². The molecule has 0 atom stereocenters. The Morgan fingerprint density at radius 2 is 2.07 bits per heavy atom. The molecule has 0 saturated heterocycles. The topological polar surface area (TPSA) is 17.1 Å². The van der Waals surface area contributed by atoms with E-state index in [4.69, 9.17) is 0 Å². The summed E-state index contributed by atoms with van der Waals surface area (Å²) in [6, 6.07) is 6.24. The van der Waals surface area contributed by atoms with E-state index in [1.165, 1.54) is 10.5 Å². The van der Waals surface area contributed by atoms with Gasteiger partial charge in [0.15, 0.2) is 0 Å². The lowest BCUT2D eigenvalue weighted by molar-refractivity contribution is -0.115. The highest BCUT2D eigenvalue weighted by molar-refractivity contribution is 9.09. The molecule has 0 aromatic heterocycles. The minimum absolute atomic E-state index is 0.217. The van der Waals surface area contributed by atoms with Crippen LogP contribution in [0, 0.1) is 0 Å². The average Bonchev–Trinajstić information content (AvgIpc) is 2.29. The van der Waals surface area contributed by atoms with Crippen LogP contribution < -0.4 is 0 Å². The van der Waals surface area contributed by atoms with Gasteiger partial charge in [0.2, 0.25) is 0 Å². The zero-order chi connectivity index (χ0) is 11.3. The van der Waals surface area contributed by atoms with Crippen LogP contribution in [0.25, 0.3) is 0 Å². The molecule has 0 unspecified atom stereocenters. The summed E-state index contributed by atoms with van der Waals surface area (Å²) in [5.41, 5.74) is 2.32. The van der Waals surface area contributed by atoms with Gasteiger partial charge in [0, 0.05) is 16.6 Å². The van der Waals surface area contributed by atoms with Gasteiger partial charge in [-0.05, 0) is 29.5 Å². The smallest absolute Gasteiger partial charge is 0.147 e. The molecule has 1 aromatic rings. The van der Waals surface area contributed by atoms with Crippen LogP contribution in [-0.2, 0) is 16.5 Å². The molecular weight excluding hydrogens is 340 g/mol. The highest BCUT2D eigenvalue weighted by atomic mass is 79.9. The Morgan fingerprint density at radius 1 is 1.33 bits per heavy atom. The Balaban J connectivity index is 2.92. The third kappa shape index (κ3) is 3.93. The Morgan fingerprint density at radius 3 is 2.60 bits per heavy atom. The predicted molar refractivity (Wildman–Crippen MR) is 73.4 cm³/mol. The van der Waals surface area contributed by atoms with E-state index in [1.54, 1.807) is 11.8 Å². The molecular formula is C11H12Br2OS. The molecule has 0 bridgehead atoms. The third-order valence-corrected chi connectivity index (χ3v) is 4.05. The minimum atomic E-state index is 0.217. The zero-order valence-electron chi connectivity index (χ0n) is 8.43. The third-order valence-electron chi connectivity index (χ3n) is 2.09. The van der Waals surface area contributed by atoms with E-state index in [1.807, 2.05) is 6.07 Å². The monoisotopic (exact) mass is 350 g/mol. The summed E-state index contributed by atoms with van der Waals surface area (Å²) in [7, 11) is 0. The molecule has 0 radical (unpaired) electrons. The fourth-order valence-corrected chi connectivity index (χ4v) is 2.47. The van der Waals surface area contributed by atoms with Crippen LogP contribution in [0.1, 0.15) is 11.1 Å². The molecule has 0 aliphatic rings. The number of hydrogen-bond acceptors (Lipinski definition) is 2. The van der Waals surface area contributed by atoms with E-state index >= 15 is 0 Å². The van der Waals surface area contributed by atoms with Gasteiger partial charge in [0.25, 0.3) is 0 Å². The van der Waals surface area contributed by atoms with E-state index < -0.39 is 0 Å². The minimum Gasteiger partial charge on any atom is -0.298 e. The van der Waals surface area contributed by atoms with Crippen molar-refractivity contribution in [2.75, 3.05) is 11.6 Å². The van der Waals surface area contributed by atoms with E-state index in [-0.39, 0.29) is 5.78 Å². The van der Waals surface area contributed by atoms with Gasteiger partial charge in [-0.1, -0.05) is 37.9 Å². The Labute approximate surface area is 111 Å². The van der Waals surface area contributed by atoms with Gasteiger partial charge in [-0.3, -0.25) is 4.79 Å². The summed E-state index contributed by atoms with van der Waals surface area (Å²) in [5, 5.41) is 1.23. The van der Waals surface area contributed by atoms with Crippen molar-refractivity contribution in [1.29, 1.82) is 0 Å². The molecule has 1 rings (SSSR count).